The minimum atomic E-state index is -0.370. The molecular weight excluding hydrogens is 429 g/mol. The Bertz CT molecular complexity index is 714. The van der Waals surface area contributed by atoms with Gasteiger partial charge in [0.05, 0.1) is 15.2 Å². The normalized spacial score (nSPS) is 10.2. The highest BCUT2D eigenvalue weighted by atomic mass is 127. The van der Waals surface area contributed by atoms with Crippen LogP contribution < -0.4 is 10.1 Å². The molecule has 1 N–H and O–H groups in total. The van der Waals surface area contributed by atoms with Crippen LogP contribution in [0.15, 0.2) is 30.3 Å². The van der Waals surface area contributed by atoms with E-state index in [2.05, 4.69) is 27.9 Å². The first-order valence-electron chi connectivity index (χ1n) is 6.96. The number of esters is 1. The standard InChI is InChI=1S/C16H16INO4S/c1-3-21-16(20)15-10(2)8-14(23-15)18-13(19)9-22-12-7-5-4-6-11(12)17/h4-8H,3,9H2,1-2H3,(H,18,19). The minimum Gasteiger partial charge on any atom is -0.483 e. The van der Waals surface area contributed by atoms with E-state index >= 15 is 0 Å². The van der Waals surface area contributed by atoms with Crippen molar-refractivity contribution in [3.8, 4) is 5.75 Å². The first-order chi connectivity index (χ1) is 11.0. The third-order valence-electron chi connectivity index (χ3n) is 2.84. The van der Waals surface area contributed by atoms with Crippen molar-refractivity contribution in [3.63, 3.8) is 0 Å². The number of thiophene rings is 1. The predicted molar refractivity (Wildman–Crippen MR) is 98.3 cm³/mol. The lowest BCUT2D eigenvalue weighted by Gasteiger charge is -2.07. The van der Waals surface area contributed by atoms with Crippen molar-refractivity contribution in [2.75, 3.05) is 18.5 Å². The van der Waals surface area contributed by atoms with Crippen molar-refractivity contribution >= 4 is 50.8 Å². The molecule has 0 saturated carbocycles. The number of para-hydroxylation sites is 1. The fourth-order valence-corrected chi connectivity index (χ4v) is 3.35. The number of carbonyl (C=O) groups is 2. The number of rotatable bonds is 6. The summed E-state index contributed by atoms with van der Waals surface area (Å²) < 4.78 is 11.4. The molecule has 23 heavy (non-hydrogen) atoms. The average molecular weight is 445 g/mol. The van der Waals surface area contributed by atoms with E-state index in [0.717, 1.165) is 9.13 Å². The summed E-state index contributed by atoms with van der Waals surface area (Å²) in [5.41, 5.74) is 0.780. The Kier molecular flexibility index (Phi) is 6.40. The zero-order valence-electron chi connectivity index (χ0n) is 12.7. The molecule has 0 atom stereocenters. The largest absolute Gasteiger partial charge is 0.483 e. The van der Waals surface area contributed by atoms with E-state index in [-0.39, 0.29) is 18.5 Å². The van der Waals surface area contributed by atoms with Gasteiger partial charge in [0.15, 0.2) is 6.61 Å². The van der Waals surface area contributed by atoms with Crippen molar-refractivity contribution in [2.45, 2.75) is 13.8 Å². The van der Waals surface area contributed by atoms with E-state index in [1.165, 1.54) is 11.3 Å². The molecule has 1 amide bonds. The van der Waals surface area contributed by atoms with Crippen LogP contribution in [-0.4, -0.2) is 25.1 Å². The van der Waals surface area contributed by atoms with Gasteiger partial charge in [0, 0.05) is 0 Å². The van der Waals surface area contributed by atoms with E-state index in [4.69, 9.17) is 9.47 Å². The van der Waals surface area contributed by atoms with Crippen molar-refractivity contribution in [2.24, 2.45) is 0 Å². The van der Waals surface area contributed by atoms with Crippen LogP contribution in [0.1, 0.15) is 22.2 Å². The first kappa shape index (κ1) is 17.7. The minimum absolute atomic E-state index is 0.0916. The molecule has 2 rings (SSSR count). The molecule has 0 radical (unpaired) electrons. The number of anilines is 1. The van der Waals surface area contributed by atoms with Gasteiger partial charge < -0.3 is 14.8 Å². The topological polar surface area (TPSA) is 64.6 Å². The molecule has 0 aliphatic rings. The predicted octanol–water partition coefficient (Wildman–Crippen LogP) is 3.86. The van der Waals surface area contributed by atoms with E-state index in [9.17, 15) is 9.59 Å². The Labute approximate surface area is 152 Å². The molecule has 0 saturated heterocycles. The Morgan fingerprint density at radius 3 is 2.74 bits per heavy atom. The Morgan fingerprint density at radius 1 is 1.30 bits per heavy atom. The third kappa shape index (κ3) is 4.93. The maximum absolute atomic E-state index is 12.0. The highest BCUT2D eigenvalue weighted by Crippen LogP contribution is 2.27. The van der Waals surface area contributed by atoms with Crippen LogP contribution in [0.25, 0.3) is 0 Å². The van der Waals surface area contributed by atoms with Crippen molar-refractivity contribution in [1.82, 2.24) is 0 Å². The summed E-state index contributed by atoms with van der Waals surface area (Å²) in [5.74, 6) is 0.0183. The molecule has 122 valence electrons. The van der Waals surface area contributed by atoms with E-state index in [0.29, 0.717) is 22.2 Å². The number of benzene rings is 1. The van der Waals surface area contributed by atoms with Crippen molar-refractivity contribution < 1.29 is 19.1 Å². The summed E-state index contributed by atoms with van der Waals surface area (Å²) in [4.78, 5) is 24.2. The van der Waals surface area contributed by atoms with Crippen LogP contribution in [-0.2, 0) is 9.53 Å². The number of nitrogens with one attached hydrogen (secondary N) is 1. The lowest BCUT2D eigenvalue weighted by molar-refractivity contribution is -0.118. The van der Waals surface area contributed by atoms with Gasteiger partial charge in [-0.2, -0.15) is 0 Å². The second-order valence-electron chi connectivity index (χ2n) is 4.61. The molecule has 0 aliphatic heterocycles. The van der Waals surface area contributed by atoms with E-state index in [1.807, 2.05) is 24.3 Å². The van der Waals surface area contributed by atoms with Crippen LogP contribution in [0.2, 0.25) is 0 Å². The van der Waals surface area contributed by atoms with E-state index < -0.39 is 0 Å². The van der Waals surface area contributed by atoms with Gasteiger partial charge in [-0.25, -0.2) is 4.79 Å². The van der Waals surface area contributed by atoms with E-state index in [1.54, 1.807) is 19.9 Å². The number of aryl methyl sites for hydroxylation is 1. The highest BCUT2D eigenvalue weighted by Gasteiger charge is 2.16. The summed E-state index contributed by atoms with van der Waals surface area (Å²) >= 11 is 3.34. The fraction of sp³-hybridized carbons (Fsp3) is 0.250. The summed E-state index contributed by atoms with van der Waals surface area (Å²) in [7, 11) is 0. The Morgan fingerprint density at radius 2 is 2.04 bits per heavy atom. The second-order valence-corrected chi connectivity index (χ2v) is 6.82. The molecule has 7 heteroatoms. The summed E-state index contributed by atoms with van der Waals surface area (Å²) in [5, 5.41) is 3.33. The smallest absolute Gasteiger partial charge is 0.348 e. The molecule has 5 nitrogen and oxygen atoms in total. The summed E-state index contributed by atoms with van der Waals surface area (Å²) in [6.45, 7) is 3.79. The average Bonchev–Trinajstić information content (AvgIpc) is 2.87. The van der Waals surface area contributed by atoms with Gasteiger partial charge in [0.1, 0.15) is 10.6 Å². The molecule has 1 aromatic carbocycles. The molecule has 0 fully saturated rings. The van der Waals surface area contributed by atoms with Gasteiger partial charge in [-0.3, -0.25) is 4.79 Å². The fourth-order valence-electron chi connectivity index (χ4n) is 1.82. The van der Waals surface area contributed by atoms with Crippen LogP contribution in [0.3, 0.4) is 0 Å². The van der Waals surface area contributed by atoms with Crippen LogP contribution in [0.4, 0.5) is 5.00 Å². The lowest BCUT2D eigenvalue weighted by atomic mass is 10.3. The van der Waals surface area contributed by atoms with Crippen LogP contribution in [0, 0.1) is 10.5 Å². The van der Waals surface area contributed by atoms with Gasteiger partial charge in [-0.1, -0.05) is 12.1 Å². The monoisotopic (exact) mass is 445 g/mol. The molecule has 2 aromatic rings. The molecular formula is C16H16INO4S. The molecule has 1 aromatic heterocycles. The van der Waals surface area contributed by atoms with Gasteiger partial charge in [0.2, 0.25) is 0 Å². The van der Waals surface area contributed by atoms with Crippen molar-refractivity contribution in [1.29, 1.82) is 0 Å². The van der Waals surface area contributed by atoms with Gasteiger partial charge >= 0.3 is 5.97 Å². The number of ether oxygens (including phenoxy) is 2. The third-order valence-corrected chi connectivity index (χ3v) is 4.86. The highest BCUT2D eigenvalue weighted by molar-refractivity contribution is 14.1. The number of amides is 1. The molecule has 0 spiro atoms. The molecule has 1 heterocycles. The van der Waals surface area contributed by atoms with Crippen molar-refractivity contribution in [3.05, 3.63) is 44.3 Å². The second kappa shape index (κ2) is 8.30. The zero-order valence-corrected chi connectivity index (χ0v) is 15.7. The maximum atomic E-state index is 12.0. The maximum Gasteiger partial charge on any atom is 0.348 e. The Balaban J connectivity index is 1.94. The summed E-state index contributed by atoms with van der Waals surface area (Å²) in [6.07, 6.45) is 0. The first-order valence-corrected chi connectivity index (χ1v) is 8.85. The number of carbonyl (C=O) groups excluding carboxylic acids is 2. The van der Waals surface area contributed by atoms with Crippen LogP contribution in [0.5, 0.6) is 5.75 Å². The molecule has 0 aliphatic carbocycles. The zero-order chi connectivity index (χ0) is 16.8. The lowest BCUT2D eigenvalue weighted by Crippen LogP contribution is -2.19. The van der Waals surface area contributed by atoms with Gasteiger partial charge in [0.25, 0.3) is 5.91 Å². The van der Waals surface area contributed by atoms with Gasteiger partial charge in [-0.15, -0.1) is 11.3 Å². The Hall–Kier alpha value is -1.61. The summed E-state index contributed by atoms with van der Waals surface area (Å²) in [6, 6.07) is 9.22. The number of hydrogen-bond donors (Lipinski definition) is 1. The van der Waals surface area contributed by atoms with Crippen LogP contribution >= 0.6 is 33.9 Å². The molecule has 0 unspecified atom stereocenters. The number of halogens is 1. The van der Waals surface area contributed by atoms with Gasteiger partial charge in [-0.05, 0) is 60.2 Å². The molecule has 0 bridgehead atoms. The quantitative estimate of drug-likeness (QED) is 0.542. The SMILES string of the molecule is CCOC(=O)c1sc(NC(=O)COc2ccccc2I)cc1C. The number of hydrogen-bond acceptors (Lipinski definition) is 5.